The number of hydrogen-bond acceptors (Lipinski definition) is 6. The lowest BCUT2D eigenvalue weighted by molar-refractivity contribution is 0.242. The van der Waals surface area contributed by atoms with E-state index in [0.717, 1.165) is 46.4 Å². The van der Waals surface area contributed by atoms with Gasteiger partial charge in [0.05, 0.1) is 19.4 Å². The molecule has 1 saturated heterocycles. The number of nitrogens with one attached hydrogen (secondary N) is 1. The molecule has 1 saturated carbocycles. The minimum absolute atomic E-state index is 0.394. The first kappa shape index (κ1) is 22.4. The lowest BCUT2D eigenvalue weighted by Gasteiger charge is -2.40. The zero-order chi connectivity index (χ0) is 21.6. The molecule has 0 bridgehead atoms. The highest BCUT2D eigenvalue weighted by molar-refractivity contribution is 8.03. The Hall–Kier alpha value is -1.84. The van der Waals surface area contributed by atoms with Crippen molar-refractivity contribution < 1.29 is 9.47 Å². The van der Waals surface area contributed by atoms with Crippen LogP contribution in [0, 0.1) is 11.3 Å². The fourth-order valence-corrected chi connectivity index (χ4v) is 6.21. The highest BCUT2D eigenvalue weighted by Crippen LogP contribution is 2.46. The van der Waals surface area contributed by atoms with E-state index in [1.807, 2.05) is 6.92 Å². The summed E-state index contributed by atoms with van der Waals surface area (Å²) in [4.78, 5) is 3.33. The van der Waals surface area contributed by atoms with Gasteiger partial charge in [-0.3, -0.25) is 0 Å². The molecule has 5 nitrogen and oxygen atoms in total. The molecule has 1 aromatic rings. The summed E-state index contributed by atoms with van der Waals surface area (Å²) in [5.74, 6) is 2.97. The summed E-state index contributed by atoms with van der Waals surface area (Å²) in [6, 6.07) is 7.16. The SMILES string of the molecule is CCOc1cc2c(cc1OC)C(=C(C#N)SCCN1CCCCC1)NC1CCCCC21. The van der Waals surface area contributed by atoms with Crippen LogP contribution < -0.4 is 14.8 Å². The molecule has 1 N–H and O–H groups in total. The van der Waals surface area contributed by atoms with Gasteiger partial charge in [-0.1, -0.05) is 19.3 Å². The molecule has 6 heteroatoms. The topological polar surface area (TPSA) is 57.5 Å². The largest absolute Gasteiger partial charge is 0.493 e. The summed E-state index contributed by atoms with van der Waals surface area (Å²) >= 11 is 1.69. The first-order chi connectivity index (χ1) is 15.2. The molecule has 2 aliphatic heterocycles. The molecule has 1 aliphatic carbocycles. The van der Waals surface area contributed by atoms with E-state index in [0.29, 0.717) is 18.6 Å². The summed E-state index contributed by atoms with van der Waals surface area (Å²) in [6.45, 7) is 6.05. The third-order valence-corrected chi connectivity index (χ3v) is 7.80. The Kier molecular flexibility index (Phi) is 7.68. The number of rotatable bonds is 7. The standard InChI is InChI=1S/C25H35N3O2S/c1-3-30-23-15-19-18-9-5-6-10-21(18)27-25(20(19)16-22(23)29-2)24(17-26)31-14-13-28-11-7-4-8-12-28/h15-16,18,21,27H,3-14H2,1-2H3. The molecule has 0 aromatic heterocycles. The second kappa shape index (κ2) is 10.7. The van der Waals surface area contributed by atoms with Gasteiger partial charge in [-0.25, -0.2) is 0 Å². The van der Waals surface area contributed by atoms with E-state index in [-0.39, 0.29) is 0 Å². The van der Waals surface area contributed by atoms with E-state index in [9.17, 15) is 5.26 Å². The molecule has 31 heavy (non-hydrogen) atoms. The molecular weight excluding hydrogens is 406 g/mol. The summed E-state index contributed by atoms with van der Waals surface area (Å²) in [6.07, 6.45) is 8.79. The van der Waals surface area contributed by atoms with Crippen molar-refractivity contribution >= 4 is 17.5 Å². The van der Waals surface area contributed by atoms with Crippen LogP contribution in [0.3, 0.4) is 0 Å². The van der Waals surface area contributed by atoms with Crippen molar-refractivity contribution in [3.8, 4) is 17.6 Å². The predicted molar refractivity (Wildman–Crippen MR) is 128 cm³/mol. The number of likely N-dealkylation sites (tertiary alicyclic amines) is 1. The van der Waals surface area contributed by atoms with Gasteiger partial charge in [-0.05, 0) is 63.4 Å². The fourth-order valence-electron chi connectivity index (χ4n) is 5.27. The van der Waals surface area contributed by atoms with Crippen molar-refractivity contribution in [1.82, 2.24) is 10.2 Å². The van der Waals surface area contributed by atoms with Crippen molar-refractivity contribution in [1.29, 1.82) is 5.26 Å². The quantitative estimate of drug-likeness (QED) is 0.592. The van der Waals surface area contributed by atoms with E-state index >= 15 is 0 Å². The maximum atomic E-state index is 10.1. The van der Waals surface area contributed by atoms with Gasteiger partial charge in [-0.15, -0.1) is 11.8 Å². The molecule has 1 aromatic carbocycles. The van der Waals surface area contributed by atoms with Crippen molar-refractivity contribution in [2.45, 2.75) is 63.8 Å². The van der Waals surface area contributed by atoms with Crippen LogP contribution in [0.1, 0.15) is 68.9 Å². The lowest BCUT2D eigenvalue weighted by atomic mass is 9.75. The van der Waals surface area contributed by atoms with Gasteiger partial charge in [0.2, 0.25) is 0 Å². The Labute approximate surface area is 191 Å². The average Bonchev–Trinajstić information content (AvgIpc) is 2.82. The highest BCUT2D eigenvalue weighted by Gasteiger charge is 2.36. The normalized spacial score (nSPS) is 24.9. The van der Waals surface area contributed by atoms with Crippen molar-refractivity contribution in [2.75, 3.05) is 39.1 Å². The number of ether oxygens (including phenoxy) is 2. The van der Waals surface area contributed by atoms with Crippen LogP contribution in [0.5, 0.6) is 11.5 Å². The monoisotopic (exact) mass is 441 g/mol. The number of fused-ring (bicyclic) bond motifs is 3. The maximum absolute atomic E-state index is 10.1. The van der Waals surface area contributed by atoms with Crippen molar-refractivity contribution in [3.05, 3.63) is 28.2 Å². The minimum atomic E-state index is 0.394. The Morgan fingerprint density at radius 2 is 1.97 bits per heavy atom. The Morgan fingerprint density at radius 1 is 1.16 bits per heavy atom. The molecule has 0 amide bonds. The zero-order valence-corrected chi connectivity index (χ0v) is 19.7. The molecule has 0 spiro atoms. The smallest absolute Gasteiger partial charge is 0.161 e. The van der Waals surface area contributed by atoms with E-state index < -0.39 is 0 Å². The van der Waals surface area contributed by atoms with Crippen LogP contribution in [0.25, 0.3) is 5.70 Å². The van der Waals surface area contributed by atoms with Crippen LogP contribution in [0.15, 0.2) is 17.0 Å². The van der Waals surface area contributed by atoms with Crippen molar-refractivity contribution in [3.63, 3.8) is 0 Å². The maximum Gasteiger partial charge on any atom is 0.161 e. The molecule has 2 atom stereocenters. The van der Waals surface area contributed by atoms with Gasteiger partial charge in [-0.2, -0.15) is 5.26 Å². The lowest BCUT2D eigenvalue weighted by Crippen LogP contribution is -2.41. The molecule has 2 unspecified atom stereocenters. The third kappa shape index (κ3) is 4.99. The van der Waals surface area contributed by atoms with E-state index in [1.165, 1.54) is 57.2 Å². The van der Waals surface area contributed by atoms with Crippen LogP contribution in [0.4, 0.5) is 0 Å². The summed E-state index contributed by atoms with van der Waals surface area (Å²) in [5, 5.41) is 13.8. The van der Waals surface area contributed by atoms with Crippen molar-refractivity contribution in [2.24, 2.45) is 0 Å². The number of allylic oxidation sites excluding steroid dienone is 1. The number of thioether (sulfide) groups is 1. The zero-order valence-electron chi connectivity index (χ0n) is 18.9. The number of nitriles is 1. The second-order valence-electron chi connectivity index (χ2n) is 8.73. The number of hydrogen-bond donors (Lipinski definition) is 1. The van der Waals surface area contributed by atoms with Crippen LogP contribution in [-0.4, -0.2) is 50.0 Å². The molecule has 2 fully saturated rings. The number of nitrogens with zero attached hydrogens (tertiary/aromatic N) is 2. The Morgan fingerprint density at radius 3 is 2.71 bits per heavy atom. The summed E-state index contributed by atoms with van der Waals surface area (Å²) < 4.78 is 11.5. The Bertz CT molecular complexity index is 842. The van der Waals surface area contributed by atoms with Gasteiger partial charge in [0.1, 0.15) is 11.0 Å². The Balaban J connectivity index is 1.65. The van der Waals surface area contributed by atoms with Crippen LogP contribution >= 0.6 is 11.8 Å². The molecule has 2 heterocycles. The minimum Gasteiger partial charge on any atom is -0.493 e. The molecule has 168 valence electrons. The van der Waals surface area contributed by atoms with Crippen LogP contribution in [0.2, 0.25) is 0 Å². The van der Waals surface area contributed by atoms with Gasteiger partial charge < -0.3 is 19.7 Å². The van der Waals surface area contributed by atoms with E-state index in [1.54, 1.807) is 18.9 Å². The summed E-state index contributed by atoms with van der Waals surface area (Å²) in [5.41, 5.74) is 3.42. The van der Waals surface area contributed by atoms with E-state index in [4.69, 9.17) is 9.47 Å². The third-order valence-electron chi connectivity index (χ3n) is 6.83. The molecule has 3 aliphatic rings. The molecule has 4 rings (SSSR count). The average molecular weight is 442 g/mol. The summed E-state index contributed by atoms with van der Waals surface area (Å²) in [7, 11) is 1.69. The predicted octanol–water partition coefficient (Wildman–Crippen LogP) is 5.13. The highest BCUT2D eigenvalue weighted by atomic mass is 32.2. The number of piperidine rings is 1. The first-order valence-corrected chi connectivity index (χ1v) is 12.8. The van der Waals surface area contributed by atoms with Gasteiger partial charge in [0.25, 0.3) is 0 Å². The first-order valence-electron chi connectivity index (χ1n) is 11.9. The van der Waals surface area contributed by atoms with Gasteiger partial charge in [0, 0.05) is 29.8 Å². The number of methoxy groups -OCH3 is 1. The fraction of sp³-hybridized carbons (Fsp3) is 0.640. The van der Waals surface area contributed by atoms with Gasteiger partial charge in [0.15, 0.2) is 11.5 Å². The van der Waals surface area contributed by atoms with E-state index in [2.05, 4.69) is 28.4 Å². The molecule has 0 radical (unpaired) electrons. The molecular formula is C25H35N3O2S. The van der Waals surface area contributed by atoms with Gasteiger partial charge >= 0.3 is 0 Å². The number of benzene rings is 1. The van der Waals surface area contributed by atoms with Crippen LogP contribution in [-0.2, 0) is 0 Å². The second-order valence-corrected chi connectivity index (χ2v) is 9.84.